The predicted octanol–water partition coefficient (Wildman–Crippen LogP) is 1.07. The largest absolute Gasteiger partial charge is 0.394 e. The first-order chi connectivity index (χ1) is 8.93. The second kappa shape index (κ2) is 5.31. The molecular weight excluding hydrogens is 240 g/mol. The molecule has 1 atom stereocenters. The third kappa shape index (κ3) is 3.14. The molecule has 0 bridgehead atoms. The van der Waals surface area contributed by atoms with E-state index in [0.29, 0.717) is 6.54 Å². The average Bonchev–Trinajstić information content (AvgIpc) is 2.37. The molecule has 0 saturated carbocycles. The number of aliphatic hydroxyl groups excluding tert-OH is 1. The molecule has 1 aromatic rings. The summed E-state index contributed by atoms with van der Waals surface area (Å²) in [5.41, 5.74) is 2.86. The van der Waals surface area contributed by atoms with Gasteiger partial charge in [-0.05, 0) is 31.9 Å². The quantitative estimate of drug-likeness (QED) is 0.763. The first-order valence-corrected chi connectivity index (χ1v) is 6.66. The first-order valence-electron chi connectivity index (χ1n) is 6.66. The zero-order valence-electron chi connectivity index (χ0n) is 11.8. The van der Waals surface area contributed by atoms with Crippen LogP contribution in [0.25, 0.3) is 0 Å². The van der Waals surface area contributed by atoms with Crippen molar-refractivity contribution in [2.45, 2.75) is 38.8 Å². The summed E-state index contributed by atoms with van der Waals surface area (Å²) < 4.78 is 0. The monoisotopic (exact) mass is 262 g/mol. The minimum absolute atomic E-state index is 0.0295. The highest BCUT2D eigenvalue weighted by Crippen LogP contribution is 2.25. The zero-order chi connectivity index (χ0) is 14.0. The Morgan fingerprint density at radius 3 is 2.95 bits per heavy atom. The van der Waals surface area contributed by atoms with Gasteiger partial charge in [-0.2, -0.15) is 0 Å². The number of benzene rings is 1. The van der Waals surface area contributed by atoms with Gasteiger partial charge in [-0.15, -0.1) is 0 Å². The van der Waals surface area contributed by atoms with Crippen molar-refractivity contribution in [2.75, 3.05) is 13.2 Å². The number of aryl methyl sites for hydroxylation is 1. The summed E-state index contributed by atoms with van der Waals surface area (Å²) in [6, 6.07) is 6.24. The Kier molecular flexibility index (Phi) is 3.92. The number of aliphatic hydroxyl groups is 1. The molecule has 0 aromatic heterocycles. The SMILES string of the molecule is Cc1ccc2c(c1)C(C(=O)NC(C)(C)CO)CNC2. The number of carbonyl (C=O) groups excluding carboxylic acids is 1. The second-order valence-electron chi connectivity index (χ2n) is 5.92. The van der Waals surface area contributed by atoms with Crippen LogP contribution < -0.4 is 10.6 Å². The molecule has 0 radical (unpaired) electrons. The number of nitrogens with one attached hydrogen (secondary N) is 2. The zero-order valence-corrected chi connectivity index (χ0v) is 11.8. The van der Waals surface area contributed by atoms with E-state index in [1.165, 1.54) is 11.1 Å². The van der Waals surface area contributed by atoms with Crippen LogP contribution in [0.1, 0.15) is 36.5 Å². The summed E-state index contributed by atoms with van der Waals surface area (Å²) >= 11 is 0. The summed E-state index contributed by atoms with van der Waals surface area (Å²) in [5.74, 6) is -0.215. The van der Waals surface area contributed by atoms with Gasteiger partial charge in [-0.3, -0.25) is 4.79 Å². The van der Waals surface area contributed by atoms with Gasteiger partial charge in [-0.25, -0.2) is 0 Å². The number of rotatable bonds is 3. The normalized spacial score (nSPS) is 18.8. The smallest absolute Gasteiger partial charge is 0.229 e. The maximum absolute atomic E-state index is 12.4. The van der Waals surface area contributed by atoms with Crippen molar-refractivity contribution in [3.05, 3.63) is 34.9 Å². The molecule has 0 saturated heterocycles. The van der Waals surface area contributed by atoms with Crippen LogP contribution >= 0.6 is 0 Å². The lowest BCUT2D eigenvalue weighted by molar-refractivity contribution is -0.124. The highest BCUT2D eigenvalue weighted by molar-refractivity contribution is 5.85. The molecule has 1 unspecified atom stereocenters. The maximum atomic E-state index is 12.4. The lowest BCUT2D eigenvalue weighted by atomic mass is 9.88. The van der Waals surface area contributed by atoms with Crippen LogP contribution in [-0.4, -0.2) is 29.7 Å². The van der Waals surface area contributed by atoms with E-state index in [0.717, 1.165) is 12.1 Å². The molecular formula is C15H22N2O2. The van der Waals surface area contributed by atoms with E-state index in [2.05, 4.69) is 28.8 Å². The van der Waals surface area contributed by atoms with E-state index in [9.17, 15) is 9.90 Å². The molecule has 0 aliphatic carbocycles. The fourth-order valence-corrected chi connectivity index (χ4v) is 2.35. The van der Waals surface area contributed by atoms with Crippen LogP contribution in [-0.2, 0) is 11.3 Å². The first kappa shape index (κ1) is 14.0. The van der Waals surface area contributed by atoms with Crippen LogP contribution in [0.15, 0.2) is 18.2 Å². The van der Waals surface area contributed by atoms with Gasteiger partial charge >= 0.3 is 0 Å². The van der Waals surface area contributed by atoms with Crippen molar-refractivity contribution >= 4 is 5.91 Å². The second-order valence-corrected chi connectivity index (χ2v) is 5.92. The highest BCUT2D eigenvalue weighted by Gasteiger charge is 2.29. The Bertz CT molecular complexity index is 483. The molecule has 1 aliphatic heterocycles. The average molecular weight is 262 g/mol. The Labute approximate surface area is 114 Å². The van der Waals surface area contributed by atoms with Crippen molar-refractivity contribution in [1.82, 2.24) is 10.6 Å². The van der Waals surface area contributed by atoms with Crippen LogP contribution in [0.5, 0.6) is 0 Å². The third-order valence-electron chi connectivity index (χ3n) is 3.51. The van der Waals surface area contributed by atoms with Gasteiger partial charge in [0, 0.05) is 13.1 Å². The predicted molar refractivity (Wildman–Crippen MR) is 74.9 cm³/mol. The molecule has 104 valence electrons. The number of fused-ring (bicyclic) bond motifs is 1. The lowest BCUT2D eigenvalue weighted by Crippen LogP contribution is -2.50. The summed E-state index contributed by atoms with van der Waals surface area (Å²) in [5, 5.41) is 15.4. The van der Waals surface area contributed by atoms with Crippen molar-refractivity contribution < 1.29 is 9.90 Å². The Morgan fingerprint density at radius 1 is 1.53 bits per heavy atom. The summed E-state index contributed by atoms with van der Waals surface area (Å²) in [4.78, 5) is 12.4. The van der Waals surface area contributed by atoms with E-state index in [4.69, 9.17) is 0 Å². The van der Waals surface area contributed by atoms with Gasteiger partial charge in [0.15, 0.2) is 0 Å². The molecule has 2 rings (SSSR count). The Balaban J connectivity index is 2.23. The van der Waals surface area contributed by atoms with Gasteiger partial charge in [0.25, 0.3) is 0 Å². The van der Waals surface area contributed by atoms with Gasteiger partial charge in [0.1, 0.15) is 0 Å². The summed E-state index contributed by atoms with van der Waals surface area (Å²) in [6.07, 6.45) is 0. The molecule has 1 amide bonds. The lowest BCUT2D eigenvalue weighted by Gasteiger charge is -2.30. The van der Waals surface area contributed by atoms with Gasteiger partial charge in [0.05, 0.1) is 18.1 Å². The fourth-order valence-electron chi connectivity index (χ4n) is 2.35. The molecule has 0 fully saturated rings. The molecule has 1 aromatic carbocycles. The number of hydrogen-bond donors (Lipinski definition) is 3. The molecule has 19 heavy (non-hydrogen) atoms. The standard InChI is InChI=1S/C15H22N2O2/c1-10-4-5-11-7-16-8-13(12(11)6-10)14(19)17-15(2,3)9-18/h4-6,13,16,18H,7-9H2,1-3H3,(H,17,19). The molecule has 4 heteroatoms. The minimum atomic E-state index is -0.585. The third-order valence-corrected chi connectivity index (χ3v) is 3.51. The molecule has 3 N–H and O–H groups in total. The van der Waals surface area contributed by atoms with Crippen LogP contribution in [0.3, 0.4) is 0 Å². The van der Waals surface area contributed by atoms with E-state index in [1.54, 1.807) is 0 Å². The van der Waals surface area contributed by atoms with Crippen molar-refractivity contribution in [3.8, 4) is 0 Å². The van der Waals surface area contributed by atoms with Crippen molar-refractivity contribution in [2.24, 2.45) is 0 Å². The van der Waals surface area contributed by atoms with Crippen LogP contribution in [0, 0.1) is 6.92 Å². The van der Waals surface area contributed by atoms with Gasteiger partial charge < -0.3 is 15.7 Å². The minimum Gasteiger partial charge on any atom is -0.394 e. The number of hydrogen-bond acceptors (Lipinski definition) is 3. The topological polar surface area (TPSA) is 61.4 Å². The van der Waals surface area contributed by atoms with E-state index in [-0.39, 0.29) is 18.4 Å². The van der Waals surface area contributed by atoms with Gasteiger partial charge in [0.2, 0.25) is 5.91 Å². The Morgan fingerprint density at radius 2 is 2.26 bits per heavy atom. The van der Waals surface area contributed by atoms with Crippen LogP contribution in [0.4, 0.5) is 0 Å². The van der Waals surface area contributed by atoms with Gasteiger partial charge in [-0.1, -0.05) is 23.8 Å². The van der Waals surface area contributed by atoms with E-state index >= 15 is 0 Å². The maximum Gasteiger partial charge on any atom is 0.229 e. The van der Waals surface area contributed by atoms with Crippen molar-refractivity contribution in [3.63, 3.8) is 0 Å². The van der Waals surface area contributed by atoms with E-state index in [1.807, 2.05) is 20.8 Å². The summed E-state index contributed by atoms with van der Waals surface area (Å²) in [7, 11) is 0. The van der Waals surface area contributed by atoms with E-state index < -0.39 is 5.54 Å². The van der Waals surface area contributed by atoms with Crippen molar-refractivity contribution in [1.29, 1.82) is 0 Å². The highest BCUT2D eigenvalue weighted by atomic mass is 16.3. The summed E-state index contributed by atoms with van der Waals surface area (Å²) in [6.45, 7) is 7.05. The molecule has 1 heterocycles. The number of amides is 1. The fraction of sp³-hybridized carbons (Fsp3) is 0.533. The van der Waals surface area contributed by atoms with Crippen LogP contribution in [0.2, 0.25) is 0 Å². The molecule has 0 spiro atoms. The number of carbonyl (C=O) groups is 1. The Hall–Kier alpha value is -1.39. The molecule has 4 nitrogen and oxygen atoms in total. The molecule has 1 aliphatic rings.